The lowest BCUT2D eigenvalue weighted by molar-refractivity contribution is 0.178. The first kappa shape index (κ1) is 13.9. The van der Waals surface area contributed by atoms with E-state index in [4.69, 9.17) is 0 Å². The molecule has 1 N–H and O–H groups in total. The second-order valence-corrected chi connectivity index (χ2v) is 6.42. The number of likely N-dealkylation sites (N-methyl/N-ethyl adjacent to an activating group) is 1. The Balaban J connectivity index is 1.59. The van der Waals surface area contributed by atoms with Gasteiger partial charge in [-0.25, -0.2) is 4.39 Å². The van der Waals surface area contributed by atoms with Crippen LogP contribution in [-0.2, 0) is 0 Å². The maximum absolute atomic E-state index is 13.8. The molecule has 0 amide bonds. The topological polar surface area (TPSA) is 15.3 Å². The van der Waals surface area contributed by atoms with Gasteiger partial charge in [-0.15, -0.1) is 0 Å². The van der Waals surface area contributed by atoms with Crippen LogP contribution in [0, 0.1) is 11.7 Å². The average molecular weight is 276 g/mol. The van der Waals surface area contributed by atoms with Crippen LogP contribution in [0.3, 0.4) is 0 Å². The Hall–Kier alpha value is -1.09. The first-order valence-corrected chi connectivity index (χ1v) is 7.96. The molecular formula is C17H25FN2. The summed E-state index contributed by atoms with van der Waals surface area (Å²) in [6.45, 7) is 0.893. The molecule has 0 radical (unpaired) electrons. The monoisotopic (exact) mass is 276 g/mol. The van der Waals surface area contributed by atoms with Gasteiger partial charge < -0.3 is 10.2 Å². The van der Waals surface area contributed by atoms with Crippen molar-refractivity contribution in [1.82, 2.24) is 5.32 Å². The number of halogens is 1. The number of piperidine rings is 1. The van der Waals surface area contributed by atoms with Gasteiger partial charge in [0.05, 0.1) is 5.69 Å². The van der Waals surface area contributed by atoms with E-state index >= 15 is 0 Å². The van der Waals surface area contributed by atoms with E-state index in [1.807, 2.05) is 19.2 Å². The Labute approximate surface area is 121 Å². The molecule has 2 aliphatic rings. The van der Waals surface area contributed by atoms with Crippen molar-refractivity contribution in [2.45, 2.75) is 50.6 Å². The van der Waals surface area contributed by atoms with Crippen LogP contribution in [-0.4, -0.2) is 25.7 Å². The molecule has 20 heavy (non-hydrogen) atoms. The highest BCUT2D eigenvalue weighted by Gasteiger charge is 2.31. The van der Waals surface area contributed by atoms with Gasteiger partial charge >= 0.3 is 0 Å². The third-order valence-electron chi connectivity index (χ3n) is 5.00. The second-order valence-electron chi connectivity index (χ2n) is 6.42. The number of nitrogens with zero attached hydrogens (tertiary/aromatic N) is 1. The van der Waals surface area contributed by atoms with Crippen LogP contribution in [0.4, 0.5) is 10.1 Å². The molecule has 0 aromatic heterocycles. The van der Waals surface area contributed by atoms with Crippen LogP contribution in [0.5, 0.6) is 0 Å². The number of hydrogen-bond donors (Lipinski definition) is 1. The first-order valence-electron chi connectivity index (χ1n) is 7.96. The second kappa shape index (κ2) is 6.13. The zero-order chi connectivity index (χ0) is 13.9. The third-order valence-corrected chi connectivity index (χ3v) is 5.00. The zero-order valence-corrected chi connectivity index (χ0v) is 12.3. The number of anilines is 1. The molecule has 110 valence electrons. The van der Waals surface area contributed by atoms with Crippen molar-refractivity contribution in [3.05, 3.63) is 30.1 Å². The van der Waals surface area contributed by atoms with Gasteiger partial charge in [0.2, 0.25) is 0 Å². The van der Waals surface area contributed by atoms with Gasteiger partial charge in [0.15, 0.2) is 0 Å². The minimum absolute atomic E-state index is 0.124. The van der Waals surface area contributed by atoms with Crippen molar-refractivity contribution in [3.63, 3.8) is 0 Å². The minimum atomic E-state index is -0.124. The van der Waals surface area contributed by atoms with Crippen LogP contribution in [0.25, 0.3) is 0 Å². The van der Waals surface area contributed by atoms with Gasteiger partial charge in [-0.1, -0.05) is 25.0 Å². The molecule has 1 aromatic carbocycles. The van der Waals surface area contributed by atoms with Crippen molar-refractivity contribution in [3.8, 4) is 0 Å². The summed E-state index contributed by atoms with van der Waals surface area (Å²) in [5, 5.41) is 3.81. The Morgan fingerprint density at radius 2 is 1.95 bits per heavy atom. The molecular weight excluding hydrogens is 251 g/mol. The molecule has 2 fully saturated rings. The SMILES string of the molecule is CN(CC1CCC2CCCCC2N1)c1ccccc1F. The van der Waals surface area contributed by atoms with Crippen LogP contribution in [0.2, 0.25) is 0 Å². The summed E-state index contributed by atoms with van der Waals surface area (Å²) in [5.74, 6) is 0.764. The number of rotatable bonds is 3. The highest BCUT2D eigenvalue weighted by Crippen LogP contribution is 2.32. The Bertz CT molecular complexity index is 448. The molecule has 1 saturated carbocycles. The standard InChI is InChI=1S/C17H25FN2/c1-20(17-9-5-3-7-15(17)18)12-14-11-10-13-6-2-4-8-16(13)19-14/h3,5,7,9,13-14,16,19H,2,4,6,8,10-12H2,1H3. The van der Waals surface area contributed by atoms with Gasteiger partial charge in [-0.2, -0.15) is 0 Å². The molecule has 3 heteroatoms. The van der Waals surface area contributed by atoms with Crippen molar-refractivity contribution < 1.29 is 4.39 Å². The van der Waals surface area contributed by atoms with Crippen molar-refractivity contribution in [2.75, 3.05) is 18.5 Å². The number of nitrogens with one attached hydrogen (secondary N) is 1. The lowest BCUT2D eigenvalue weighted by Gasteiger charge is -2.41. The van der Waals surface area contributed by atoms with Gasteiger partial charge in [-0.05, 0) is 43.7 Å². The molecule has 1 aliphatic heterocycles. The minimum Gasteiger partial charge on any atom is -0.371 e. The normalized spacial score (nSPS) is 29.8. The van der Waals surface area contributed by atoms with E-state index in [1.54, 1.807) is 6.07 Å². The lowest BCUT2D eigenvalue weighted by Crippen LogP contribution is -2.52. The quantitative estimate of drug-likeness (QED) is 0.908. The Morgan fingerprint density at radius 3 is 2.80 bits per heavy atom. The van der Waals surface area contributed by atoms with E-state index < -0.39 is 0 Å². The molecule has 1 aliphatic carbocycles. The molecule has 1 heterocycles. The van der Waals surface area contributed by atoms with E-state index in [9.17, 15) is 4.39 Å². The fourth-order valence-corrected chi connectivity index (χ4v) is 3.91. The van der Waals surface area contributed by atoms with E-state index in [0.717, 1.165) is 12.5 Å². The highest BCUT2D eigenvalue weighted by molar-refractivity contribution is 5.46. The summed E-state index contributed by atoms with van der Waals surface area (Å²) in [6.07, 6.45) is 8.05. The van der Waals surface area contributed by atoms with E-state index in [-0.39, 0.29) is 5.82 Å². The van der Waals surface area contributed by atoms with E-state index in [2.05, 4.69) is 10.2 Å². The Kier molecular flexibility index (Phi) is 4.25. The summed E-state index contributed by atoms with van der Waals surface area (Å²) in [6, 6.07) is 8.26. The average Bonchev–Trinajstić information content (AvgIpc) is 2.47. The fraction of sp³-hybridized carbons (Fsp3) is 0.647. The van der Waals surface area contributed by atoms with Crippen molar-refractivity contribution in [1.29, 1.82) is 0 Å². The predicted molar refractivity (Wildman–Crippen MR) is 81.6 cm³/mol. The smallest absolute Gasteiger partial charge is 0.146 e. The summed E-state index contributed by atoms with van der Waals surface area (Å²) in [7, 11) is 1.99. The highest BCUT2D eigenvalue weighted by atomic mass is 19.1. The van der Waals surface area contributed by atoms with Crippen molar-refractivity contribution in [2.24, 2.45) is 5.92 Å². The third kappa shape index (κ3) is 2.98. The van der Waals surface area contributed by atoms with Crippen LogP contribution >= 0.6 is 0 Å². The number of benzene rings is 1. The maximum atomic E-state index is 13.8. The maximum Gasteiger partial charge on any atom is 0.146 e. The molecule has 3 unspecified atom stereocenters. The summed E-state index contributed by atoms with van der Waals surface area (Å²) >= 11 is 0. The predicted octanol–water partition coefficient (Wildman–Crippen LogP) is 3.57. The molecule has 0 bridgehead atoms. The largest absolute Gasteiger partial charge is 0.371 e. The lowest BCUT2D eigenvalue weighted by atomic mass is 9.78. The van der Waals surface area contributed by atoms with Gasteiger partial charge in [0.1, 0.15) is 5.82 Å². The molecule has 2 nitrogen and oxygen atoms in total. The summed E-state index contributed by atoms with van der Waals surface area (Å²) in [4.78, 5) is 2.05. The van der Waals surface area contributed by atoms with Crippen LogP contribution in [0.1, 0.15) is 38.5 Å². The van der Waals surface area contributed by atoms with Crippen LogP contribution < -0.4 is 10.2 Å². The molecule has 1 saturated heterocycles. The zero-order valence-electron chi connectivity index (χ0n) is 12.3. The van der Waals surface area contributed by atoms with Crippen LogP contribution in [0.15, 0.2) is 24.3 Å². The molecule has 3 rings (SSSR count). The van der Waals surface area contributed by atoms with E-state index in [0.29, 0.717) is 17.8 Å². The van der Waals surface area contributed by atoms with E-state index in [1.165, 1.54) is 44.6 Å². The molecule has 1 aromatic rings. The van der Waals surface area contributed by atoms with Crippen molar-refractivity contribution >= 4 is 5.69 Å². The first-order chi connectivity index (χ1) is 9.74. The summed E-state index contributed by atoms with van der Waals surface area (Å²) in [5.41, 5.74) is 0.708. The molecule has 3 atom stereocenters. The molecule has 0 spiro atoms. The fourth-order valence-electron chi connectivity index (χ4n) is 3.91. The number of fused-ring (bicyclic) bond motifs is 1. The van der Waals surface area contributed by atoms with Gasteiger partial charge in [0, 0.05) is 25.7 Å². The van der Waals surface area contributed by atoms with Gasteiger partial charge in [0.25, 0.3) is 0 Å². The number of hydrogen-bond acceptors (Lipinski definition) is 2. The van der Waals surface area contributed by atoms with Gasteiger partial charge in [-0.3, -0.25) is 0 Å². The number of para-hydroxylation sites is 1. The summed E-state index contributed by atoms with van der Waals surface area (Å²) < 4.78 is 13.8. The Morgan fingerprint density at radius 1 is 1.15 bits per heavy atom.